The molecule has 4 N–H and O–H groups in total. The third-order valence-corrected chi connectivity index (χ3v) is 3.39. The number of anilines is 1. The summed E-state index contributed by atoms with van der Waals surface area (Å²) in [4.78, 5) is 6.65. The van der Waals surface area contributed by atoms with Gasteiger partial charge >= 0.3 is 0 Å². The molecule has 5 nitrogen and oxygen atoms in total. The number of hydrogen-bond donors (Lipinski definition) is 3. The second-order valence-corrected chi connectivity index (χ2v) is 4.65. The molecule has 0 aromatic carbocycles. The molecule has 2 heterocycles. The van der Waals surface area contributed by atoms with Gasteiger partial charge in [0.25, 0.3) is 0 Å². The molecule has 5 heteroatoms. The van der Waals surface area contributed by atoms with Crippen molar-refractivity contribution in [3.63, 3.8) is 0 Å². The van der Waals surface area contributed by atoms with Crippen LogP contribution in [0.15, 0.2) is 18.2 Å². The van der Waals surface area contributed by atoms with Crippen LogP contribution in [0.5, 0.6) is 0 Å². The fourth-order valence-electron chi connectivity index (χ4n) is 2.48. The van der Waals surface area contributed by atoms with E-state index in [1.807, 2.05) is 12.1 Å². The number of aliphatic hydroxyl groups is 1. The van der Waals surface area contributed by atoms with E-state index in [0.29, 0.717) is 11.7 Å². The van der Waals surface area contributed by atoms with Crippen molar-refractivity contribution in [2.45, 2.75) is 31.7 Å². The molecule has 1 aliphatic rings. The van der Waals surface area contributed by atoms with E-state index in [1.165, 1.54) is 6.42 Å². The van der Waals surface area contributed by atoms with Crippen molar-refractivity contribution in [3.05, 3.63) is 23.9 Å². The van der Waals surface area contributed by atoms with Crippen molar-refractivity contribution in [2.75, 3.05) is 18.1 Å². The number of pyridine rings is 1. The average Bonchev–Trinajstić information content (AvgIpc) is 2.40. The molecule has 1 aromatic heterocycles. The number of aliphatic hydroxyl groups excluding tert-OH is 1. The number of nitrogens with two attached hydrogens (primary N) is 1. The summed E-state index contributed by atoms with van der Waals surface area (Å²) >= 11 is 0. The van der Waals surface area contributed by atoms with Gasteiger partial charge in [0.15, 0.2) is 0 Å². The van der Waals surface area contributed by atoms with Crippen LogP contribution in [-0.2, 0) is 0 Å². The predicted molar refractivity (Wildman–Crippen MR) is 71.9 cm³/mol. The van der Waals surface area contributed by atoms with Gasteiger partial charge in [0.05, 0.1) is 0 Å². The van der Waals surface area contributed by atoms with E-state index in [1.54, 1.807) is 6.07 Å². The van der Waals surface area contributed by atoms with E-state index in [0.717, 1.165) is 31.6 Å². The van der Waals surface area contributed by atoms with E-state index in [-0.39, 0.29) is 12.4 Å². The lowest BCUT2D eigenvalue weighted by molar-refractivity contribution is 0.262. The molecule has 1 aliphatic heterocycles. The van der Waals surface area contributed by atoms with Gasteiger partial charge in [-0.25, -0.2) is 4.98 Å². The first-order valence-electron chi connectivity index (χ1n) is 6.41. The summed E-state index contributed by atoms with van der Waals surface area (Å²) in [5.74, 6) is 0.855. The molecule has 18 heavy (non-hydrogen) atoms. The van der Waals surface area contributed by atoms with Crippen molar-refractivity contribution >= 4 is 11.7 Å². The van der Waals surface area contributed by atoms with Crippen LogP contribution in [-0.4, -0.2) is 35.1 Å². The fraction of sp³-hybridized carbons (Fsp3) is 0.538. The summed E-state index contributed by atoms with van der Waals surface area (Å²) in [6.45, 7) is 1.16. The zero-order chi connectivity index (χ0) is 13.0. The van der Waals surface area contributed by atoms with Crippen molar-refractivity contribution in [1.82, 2.24) is 4.98 Å². The van der Waals surface area contributed by atoms with Crippen LogP contribution in [0.1, 0.15) is 31.4 Å². The molecule has 98 valence electrons. The summed E-state index contributed by atoms with van der Waals surface area (Å²) < 4.78 is 0. The first-order valence-corrected chi connectivity index (χ1v) is 6.41. The Bertz CT molecular complexity index is 419. The first-order chi connectivity index (χ1) is 8.72. The van der Waals surface area contributed by atoms with Gasteiger partial charge in [-0.1, -0.05) is 6.07 Å². The van der Waals surface area contributed by atoms with Crippen LogP contribution < -0.4 is 10.6 Å². The minimum atomic E-state index is -0.00688. The van der Waals surface area contributed by atoms with Crippen LogP contribution in [0.3, 0.4) is 0 Å². The summed E-state index contributed by atoms with van der Waals surface area (Å²) in [5.41, 5.74) is 5.98. The van der Waals surface area contributed by atoms with Crippen LogP contribution in [0.4, 0.5) is 5.82 Å². The molecule has 0 amide bonds. The maximum Gasteiger partial charge on any atom is 0.141 e. The third-order valence-electron chi connectivity index (χ3n) is 3.39. The minimum absolute atomic E-state index is 0.00688. The molecule has 2 rings (SSSR count). The van der Waals surface area contributed by atoms with Gasteiger partial charge in [-0.15, -0.1) is 0 Å². The number of piperidine rings is 1. The molecular weight excluding hydrogens is 228 g/mol. The van der Waals surface area contributed by atoms with E-state index < -0.39 is 0 Å². The zero-order valence-electron chi connectivity index (χ0n) is 10.5. The lowest BCUT2D eigenvalue weighted by Crippen LogP contribution is -2.40. The standard InChI is InChI=1S/C13H20N4O/c14-13(15)11-5-3-6-12(16-11)17-8-2-1-4-10(17)7-9-18/h3,5-6,10,18H,1-2,4,7-9H2,(H3,14,15). The highest BCUT2D eigenvalue weighted by atomic mass is 16.3. The van der Waals surface area contributed by atoms with Crippen molar-refractivity contribution in [3.8, 4) is 0 Å². The summed E-state index contributed by atoms with van der Waals surface area (Å²) in [6.07, 6.45) is 4.21. The van der Waals surface area contributed by atoms with Gasteiger partial charge < -0.3 is 15.7 Å². The topological polar surface area (TPSA) is 86.2 Å². The van der Waals surface area contributed by atoms with Gasteiger partial charge in [0.1, 0.15) is 17.3 Å². The Labute approximate surface area is 107 Å². The highest BCUT2D eigenvalue weighted by molar-refractivity contribution is 5.93. The SMILES string of the molecule is N=C(N)c1cccc(N2CCCCC2CCO)n1. The number of nitrogens with zero attached hydrogens (tertiary/aromatic N) is 2. The normalized spacial score (nSPS) is 19.8. The van der Waals surface area contributed by atoms with Crippen molar-refractivity contribution in [2.24, 2.45) is 5.73 Å². The number of nitrogens with one attached hydrogen (secondary N) is 1. The summed E-state index contributed by atoms with van der Waals surface area (Å²) in [7, 11) is 0. The number of hydrogen-bond acceptors (Lipinski definition) is 4. The summed E-state index contributed by atoms with van der Waals surface area (Å²) in [6, 6.07) is 5.92. The van der Waals surface area contributed by atoms with Crippen LogP contribution in [0.2, 0.25) is 0 Å². The molecule has 1 aromatic rings. The lowest BCUT2D eigenvalue weighted by Gasteiger charge is -2.36. The maximum atomic E-state index is 9.12. The molecule has 1 fully saturated rings. The smallest absolute Gasteiger partial charge is 0.141 e. The Morgan fingerprint density at radius 3 is 3.06 bits per heavy atom. The number of aromatic nitrogens is 1. The molecule has 0 radical (unpaired) electrons. The van der Waals surface area contributed by atoms with Crippen LogP contribution in [0, 0.1) is 5.41 Å². The summed E-state index contributed by atoms with van der Waals surface area (Å²) in [5, 5.41) is 16.6. The number of nitrogen functional groups attached to an aromatic ring is 1. The molecule has 1 saturated heterocycles. The highest BCUT2D eigenvalue weighted by Crippen LogP contribution is 2.25. The molecule has 0 saturated carbocycles. The highest BCUT2D eigenvalue weighted by Gasteiger charge is 2.23. The lowest BCUT2D eigenvalue weighted by atomic mass is 9.99. The quantitative estimate of drug-likeness (QED) is 0.550. The Kier molecular flexibility index (Phi) is 4.15. The third kappa shape index (κ3) is 2.79. The van der Waals surface area contributed by atoms with Gasteiger partial charge in [0.2, 0.25) is 0 Å². The van der Waals surface area contributed by atoms with Crippen LogP contribution in [0.25, 0.3) is 0 Å². The zero-order valence-corrected chi connectivity index (χ0v) is 10.5. The van der Waals surface area contributed by atoms with E-state index >= 15 is 0 Å². The Morgan fingerprint density at radius 1 is 1.50 bits per heavy atom. The molecular formula is C13H20N4O. The molecule has 0 spiro atoms. The Morgan fingerprint density at radius 2 is 2.33 bits per heavy atom. The second kappa shape index (κ2) is 5.82. The fourth-order valence-corrected chi connectivity index (χ4v) is 2.48. The Balaban J connectivity index is 2.22. The number of rotatable bonds is 4. The second-order valence-electron chi connectivity index (χ2n) is 4.65. The van der Waals surface area contributed by atoms with E-state index in [4.69, 9.17) is 16.2 Å². The average molecular weight is 248 g/mol. The molecule has 1 unspecified atom stereocenters. The van der Waals surface area contributed by atoms with E-state index in [2.05, 4.69) is 9.88 Å². The maximum absolute atomic E-state index is 9.12. The number of amidine groups is 1. The largest absolute Gasteiger partial charge is 0.396 e. The van der Waals surface area contributed by atoms with Crippen molar-refractivity contribution < 1.29 is 5.11 Å². The molecule has 1 atom stereocenters. The van der Waals surface area contributed by atoms with Gasteiger partial charge in [-0.2, -0.15) is 0 Å². The minimum Gasteiger partial charge on any atom is -0.396 e. The van der Waals surface area contributed by atoms with Gasteiger partial charge in [-0.3, -0.25) is 5.41 Å². The predicted octanol–water partition coefficient (Wildman–Crippen LogP) is 1.11. The Hall–Kier alpha value is -1.62. The van der Waals surface area contributed by atoms with Crippen molar-refractivity contribution in [1.29, 1.82) is 5.41 Å². The van der Waals surface area contributed by atoms with Gasteiger partial charge in [0, 0.05) is 19.2 Å². The first kappa shape index (κ1) is 12.8. The van der Waals surface area contributed by atoms with E-state index in [9.17, 15) is 0 Å². The van der Waals surface area contributed by atoms with Gasteiger partial charge in [-0.05, 0) is 37.8 Å². The molecule has 0 aliphatic carbocycles. The van der Waals surface area contributed by atoms with Crippen LogP contribution >= 0.6 is 0 Å². The monoisotopic (exact) mass is 248 g/mol. The molecule has 0 bridgehead atoms.